The molecule has 0 spiro atoms. The van der Waals surface area contributed by atoms with Gasteiger partial charge >= 0.3 is 0 Å². The van der Waals surface area contributed by atoms with Crippen molar-refractivity contribution in [1.82, 2.24) is 4.90 Å². The highest BCUT2D eigenvalue weighted by atomic mass is 16.3. The van der Waals surface area contributed by atoms with Crippen LogP contribution in [0.2, 0.25) is 0 Å². The number of carbonyl (C=O) groups excluding carboxylic acids is 1. The summed E-state index contributed by atoms with van der Waals surface area (Å²) in [6.45, 7) is 6.10. The average Bonchev–Trinajstić information content (AvgIpc) is 3.25. The molecule has 0 bridgehead atoms. The van der Waals surface area contributed by atoms with E-state index < -0.39 is 0 Å². The molecule has 152 valence electrons. The van der Waals surface area contributed by atoms with Crippen molar-refractivity contribution in [2.75, 3.05) is 61.4 Å². The number of likely N-dealkylation sites (N-methyl/N-ethyl adjacent to an activating group) is 1. The first-order chi connectivity index (χ1) is 14.1. The fourth-order valence-corrected chi connectivity index (χ4v) is 3.99. The molecule has 1 aromatic heterocycles. The van der Waals surface area contributed by atoms with Crippen molar-refractivity contribution in [3.8, 4) is 6.07 Å². The van der Waals surface area contributed by atoms with Gasteiger partial charge in [0.2, 0.25) is 5.76 Å². The molecule has 0 radical (unpaired) electrons. The molecule has 4 rings (SSSR count). The molecule has 2 aromatic rings. The van der Waals surface area contributed by atoms with Crippen LogP contribution in [-0.2, 0) is 0 Å². The highest BCUT2D eigenvalue weighted by Crippen LogP contribution is 2.33. The minimum atomic E-state index is -0.336. The Balaban J connectivity index is 1.59. The largest absolute Gasteiger partial charge is 0.440 e. The fourth-order valence-electron chi connectivity index (χ4n) is 3.99. The van der Waals surface area contributed by atoms with E-state index in [4.69, 9.17) is 9.68 Å². The van der Waals surface area contributed by atoms with Crippen LogP contribution in [0, 0.1) is 11.3 Å². The predicted molar refractivity (Wildman–Crippen MR) is 114 cm³/mol. The summed E-state index contributed by atoms with van der Waals surface area (Å²) in [6, 6.07) is 11.2. The fraction of sp³-hybridized carbons (Fsp3) is 0.455. The van der Waals surface area contributed by atoms with E-state index in [9.17, 15) is 4.79 Å². The number of hydrogen-bond acceptors (Lipinski definition) is 6. The van der Waals surface area contributed by atoms with Crippen LogP contribution in [0.3, 0.4) is 0 Å². The maximum atomic E-state index is 12.7. The number of piperazine rings is 1. The van der Waals surface area contributed by atoms with Crippen LogP contribution >= 0.6 is 0 Å². The predicted octanol–water partition coefficient (Wildman–Crippen LogP) is 3.15. The third-order valence-corrected chi connectivity index (χ3v) is 5.73. The molecular formula is C22H27N5O2. The lowest BCUT2D eigenvalue weighted by molar-refractivity contribution is 0.0996. The van der Waals surface area contributed by atoms with Crippen molar-refractivity contribution in [3.63, 3.8) is 0 Å². The van der Waals surface area contributed by atoms with E-state index >= 15 is 0 Å². The molecule has 2 fully saturated rings. The smallest absolute Gasteiger partial charge is 0.291 e. The van der Waals surface area contributed by atoms with Gasteiger partial charge in [0.05, 0.1) is 11.4 Å². The number of piperidine rings is 1. The van der Waals surface area contributed by atoms with Crippen molar-refractivity contribution in [2.24, 2.45) is 0 Å². The number of rotatable bonds is 4. The van der Waals surface area contributed by atoms with E-state index in [2.05, 4.69) is 39.2 Å². The van der Waals surface area contributed by atoms with E-state index in [-0.39, 0.29) is 17.4 Å². The van der Waals surface area contributed by atoms with Crippen molar-refractivity contribution in [1.29, 1.82) is 5.26 Å². The lowest BCUT2D eigenvalue weighted by atomic mass is 10.1. The molecule has 0 unspecified atom stereocenters. The molecule has 0 saturated carbocycles. The number of anilines is 3. The number of furan rings is 1. The van der Waals surface area contributed by atoms with E-state index in [1.54, 1.807) is 0 Å². The van der Waals surface area contributed by atoms with Crippen LogP contribution in [-0.4, -0.2) is 57.1 Å². The van der Waals surface area contributed by atoms with Crippen molar-refractivity contribution in [2.45, 2.75) is 19.3 Å². The lowest BCUT2D eigenvalue weighted by Gasteiger charge is -2.36. The lowest BCUT2D eigenvalue weighted by Crippen LogP contribution is -2.44. The molecular weight excluding hydrogens is 366 g/mol. The van der Waals surface area contributed by atoms with Crippen LogP contribution in [0.1, 0.15) is 35.6 Å². The highest BCUT2D eigenvalue weighted by molar-refractivity contribution is 6.04. The van der Waals surface area contributed by atoms with E-state index in [0.29, 0.717) is 0 Å². The Morgan fingerprint density at radius 1 is 1.00 bits per heavy atom. The van der Waals surface area contributed by atoms with Crippen molar-refractivity contribution in [3.05, 3.63) is 41.9 Å². The molecule has 1 aromatic carbocycles. The number of nitrogens with zero attached hydrogens (tertiary/aromatic N) is 4. The molecule has 0 aliphatic carbocycles. The molecule has 2 aliphatic rings. The first kappa shape index (κ1) is 19.3. The molecule has 1 amide bonds. The molecule has 1 N–H and O–H groups in total. The molecule has 3 heterocycles. The second-order valence-corrected chi connectivity index (χ2v) is 7.77. The molecule has 7 nitrogen and oxygen atoms in total. The number of nitriles is 1. The minimum absolute atomic E-state index is 0.136. The van der Waals surface area contributed by atoms with Gasteiger partial charge in [0.1, 0.15) is 6.07 Å². The second kappa shape index (κ2) is 8.58. The molecule has 29 heavy (non-hydrogen) atoms. The number of benzene rings is 1. The van der Waals surface area contributed by atoms with Crippen LogP contribution in [0.4, 0.5) is 17.1 Å². The van der Waals surface area contributed by atoms with Gasteiger partial charge in [0.25, 0.3) is 5.91 Å². The SMILES string of the molecule is CN1CCN(c2ccc(NC(=O)c3ccc(C#N)o3)c(N3CCCCC3)c2)CC1. The number of hydrogen-bond donors (Lipinski definition) is 1. The summed E-state index contributed by atoms with van der Waals surface area (Å²) in [5, 5.41) is 11.9. The van der Waals surface area contributed by atoms with Gasteiger partial charge in [-0.1, -0.05) is 0 Å². The zero-order chi connectivity index (χ0) is 20.2. The summed E-state index contributed by atoms with van der Waals surface area (Å²) in [5.41, 5.74) is 3.03. The van der Waals surface area contributed by atoms with Crippen molar-refractivity contribution >= 4 is 23.0 Å². The average molecular weight is 393 g/mol. The number of carbonyl (C=O) groups is 1. The Morgan fingerprint density at radius 3 is 2.45 bits per heavy atom. The van der Waals surface area contributed by atoms with Gasteiger partial charge in [-0.25, -0.2) is 0 Å². The third-order valence-electron chi connectivity index (χ3n) is 5.73. The standard InChI is InChI=1S/C22H27N5O2/c1-25-11-13-26(14-12-25)17-5-7-19(20(15-17)27-9-3-2-4-10-27)24-22(28)21-8-6-18(16-23)29-21/h5-8,15H,2-4,9-14H2,1H3,(H,24,28). The van der Waals surface area contributed by atoms with Gasteiger partial charge in [-0.15, -0.1) is 0 Å². The van der Waals surface area contributed by atoms with Crippen LogP contribution in [0.5, 0.6) is 0 Å². The highest BCUT2D eigenvalue weighted by Gasteiger charge is 2.21. The number of nitrogens with one attached hydrogen (secondary N) is 1. The van der Waals surface area contributed by atoms with Crippen LogP contribution < -0.4 is 15.1 Å². The first-order valence-corrected chi connectivity index (χ1v) is 10.3. The van der Waals surface area contributed by atoms with Crippen LogP contribution in [0.15, 0.2) is 34.7 Å². The van der Waals surface area contributed by atoms with Gasteiger partial charge in [-0.3, -0.25) is 4.79 Å². The normalized spacial score (nSPS) is 17.8. The zero-order valence-corrected chi connectivity index (χ0v) is 16.9. The zero-order valence-electron chi connectivity index (χ0n) is 16.9. The number of amides is 1. The maximum Gasteiger partial charge on any atom is 0.291 e. The van der Waals surface area contributed by atoms with Gasteiger partial charge in [0, 0.05) is 45.0 Å². The minimum Gasteiger partial charge on any atom is -0.440 e. The van der Waals surface area contributed by atoms with E-state index in [0.717, 1.165) is 63.5 Å². The molecule has 2 aliphatic heterocycles. The summed E-state index contributed by atoms with van der Waals surface area (Å²) < 4.78 is 5.28. The van der Waals surface area contributed by atoms with E-state index in [1.165, 1.54) is 24.2 Å². The molecule has 7 heteroatoms. The topological polar surface area (TPSA) is 75.7 Å². The quantitative estimate of drug-likeness (QED) is 0.860. The Kier molecular flexibility index (Phi) is 5.72. The Bertz CT molecular complexity index is 902. The second-order valence-electron chi connectivity index (χ2n) is 7.77. The third kappa shape index (κ3) is 4.38. The molecule has 2 saturated heterocycles. The molecule has 0 atom stereocenters. The monoisotopic (exact) mass is 393 g/mol. The summed E-state index contributed by atoms with van der Waals surface area (Å²) in [5.74, 6) is -0.0526. The van der Waals surface area contributed by atoms with Gasteiger partial charge < -0.3 is 24.4 Å². The van der Waals surface area contributed by atoms with Crippen molar-refractivity contribution < 1.29 is 9.21 Å². The Labute approximate surface area is 171 Å². The summed E-state index contributed by atoms with van der Waals surface area (Å²) in [6.07, 6.45) is 3.57. The van der Waals surface area contributed by atoms with Crippen LogP contribution in [0.25, 0.3) is 0 Å². The van der Waals surface area contributed by atoms with Gasteiger partial charge in [-0.2, -0.15) is 5.26 Å². The maximum absolute atomic E-state index is 12.7. The van der Waals surface area contributed by atoms with Gasteiger partial charge in [-0.05, 0) is 56.6 Å². The summed E-state index contributed by atoms with van der Waals surface area (Å²) in [4.78, 5) is 19.8. The van der Waals surface area contributed by atoms with E-state index in [1.807, 2.05) is 12.1 Å². The first-order valence-electron chi connectivity index (χ1n) is 10.3. The summed E-state index contributed by atoms with van der Waals surface area (Å²) >= 11 is 0. The Hall–Kier alpha value is -2.98. The van der Waals surface area contributed by atoms with Gasteiger partial charge in [0.15, 0.2) is 5.76 Å². The summed E-state index contributed by atoms with van der Waals surface area (Å²) in [7, 11) is 2.15. The Morgan fingerprint density at radius 2 is 1.76 bits per heavy atom.